The summed E-state index contributed by atoms with van der Waals surface area (Å²) in [5, 5.41) is 13.7. The van der Waals surface area contributed by atoms with E-state index in [1.54, 1.807) is 11.1 Å². The van der Waals surface area contributed by atoms with Gasteiger partial charge < -0.3 is 10.2 Å². The molecule has 1 saturated heterocycles. The van der Waals surface area contributed by atoms with E-state index in [4.69, 9.17) is 9.97 Å². The zero-order valence-electron chi connectivity index (χ0n) is 20.3. The minimum Gasteiger partial charge on any atom is -0.329 e. The molecular formula is C24H32N8OS. The number of aryl methyl sites for hydroxylation is 1. The highest BCUT2D eigenvalue weighted by molar-refractivity contribution is 7.13. The van der Waals surface area contributed by atoms with Crippen LogP contribution >= 0.6 is 11.3 Å². The summed E-state index contributed by atoms with van der Waals surface area (Å²) in [5.41, 5.74) is 3.28. The Morgan fingerprint density at radius 1 is 1.29 bits per heavy atom. The van der Waals surface area contributed by atoms with E-state index in [0.717, 1.165) is 72.4 Å². The van der Waals surface area contributed by atoms with Crippen molar-refractivity contribution in [2.75, 3.05) is 28.2 Å². The van der Waals surface area contributed by atoms with Crippen molar-refractivity contribution in [1.29, 1.82) is 0 Å². The Morgan fingerprint density at radius 3 is 2.85 bits per heavy atom. The van der Waals surface area contributed by atoms with Gasteiger partial charge in [-0.25, -0.2) is 9.97 Å². The van der Waals surface area contributed by atoms with E-state index in [0.29, 0.717) is 12.5 Å². The lowest BCUT2D eigenvalue weighted by molar-refractivity contribution is -0.119. The second-order valence-corrected chi connectivity index (χ2v) is 10.8. The number of rotatable bonds is 6. The van der Waals surface area contributed by atoms with Crippen LogP contribution in [0.3, 0.4) is 0 Å². The van der Waals surface area contributed by atoms with Gasteiger partial charge in [-0.2, -0.15) is 10.1 Å². The van der Waals surface area contributed by atoms with Gasteiger partial charge in [0.15, 0.2) is 10.9 Å². The Morgan fingerprint density at radius 2 is 2.15 bits per heavy atom. The Kier molecular flexibility index (Phi) is 6.01. The molecule has 3 aromatic rings. The molecule has 5 rings (SSSR count). The minimum absolute atomic E-state index is 0.0165. The molecule has 1 amide bonds. The normalized spacial score (nSPS) is 17.8. The quantitative estimate of drug-likeness (QED) is 0.545. The second-order valence-electron chi connectivity index (χ2n) is 9.94. The van der Waals surface area contributed by atoms with E-state index >= 15 is 0 Å². The third-order valence-corrected chi connectivity index (χ3v) is 7.38. The molecule has 34 heavy (non-hydrogen) atoms. The first kappa shape index (κ1) is 22.8. The number of nitrogens with one attached hydrogen (secondary N) is 2. The molecular weight excluding hydrogens is 448 g/mol. The number of carbonyl (C=O) groups excluding carboxylic acids is 1. The number of hydrogen-bond donors (Lipinski definition) is 2. The molecule has 0 bridgehead atoms. The number of anilines is 4. The standard InChI is InChI=1S/C24H32N8OS/c1-5-31(23-25-11-13-34-23)21(33)17-10-7-12-32(17)22-26-16-9-6-8-15(16)20(28-22)27-19-14-18(29-30-19)24(2,3)4/h11,13-14,17H,5-10,12H2,1-4H3,(H2,26,27,28,29,30)/t17-/m0/s1. The summed E-state index contributed by atoms with van der Waals surface area (Å²) in [6.07, 6.45) is 6.40. The molecule has 1 atom stereocenters. The lowest BCUT2D eigenvalue weighted by atomic mass is 9.92. The fraction of sp³-hybridized carbons (Fsp3) is 0.542. The highest BCUT2D eigenvalue weighted by Gasteiger charge is 2.37. The molecule has 0 radical (unpaired) electrons. The van der Waals surface area contributed by atoms with Gasteiger partial charge in [0.2, 0.25) is 5.95 Å². The molecule has 0 aromatic carbocycles. The number of aromatic amines is 1. The SMILES string of the molecule is CCN(C(=O)[C@@H]1CCCN1c1nc2c(c(Nc3cc(C(C)(C)C)[nH]n3)n1)CCC2)c1nccs1. The predicted octanol–water partition coefficient (Wildman–Crippen LogP) is 4.21. The van der Waals surface area contributed by atoms with Crippen LogP contribution in [0.4, 0.5) is 22.7 Å². The van der Waals surface area contributed by atoms with E-state index in [-0.39, 0.29) is 17.4 Å². The van der Waals surface area contributed by atoms with Crippen LogP contribution in [0.25, 0.3) is 0 Å². The van der Waals surface area contributed by atoms with Crippen molar-refractivity contribution in [3.63, 3.8) is 0 Å². The van der Waals surface area contributed by atoms with Crippen LogP contribution in [0.5, 0.6) is 0 Å². The van der Waals surface area contributed by atoms with E-state index < -0.39 is 0 Å². The van der Waals surface area contributed by atoms with Crippen LogP contribution in [0.2, 0.25) is 0 Å². The number of aromatic nitrogens is 5. The monoisotopic (exact) mass is 480 g/mol. The lowest BCUT2D eigenvalue weighted by Crippen LogP contribution is -2.46. The first-order chi connectivity index (χ1) is 16.3. The van der Waals surface area contributed by atoms with Gasteiger partial charge in [0.1, 0.15) is 11.9 Å². The summed E-state index contributed by atoms with van der Waals surface area (Å²) in [5.74, 6) is 2.24. The fourth-order valence-corrected chi connectivity index (χ4v) is 5.43. The van der Waals surface area contributed by atoms with Crippen molar-refractivity contribution in [3.05, 3.63) is 34.6 Å². The van der Waals surface area contributed by atoms with Gasteiger partial charge >= 0.3 is 0 Å². The zero-order valence-corrected chi connectivity index (χ0v) is 21.1. The number of fused-ring (bicyclic) bond motifs is 1. The predicted molar refractivity (Wildman–Crippen MR) is 135 cm³/mol. The fourth-order valence-electron chi connectivity index (χ4n) is 4.72. The number of carbonyl (C=O) groups is 1. The number of nitrogens with zero attached hydrogens (tertiary/aromatic N) is 6. The maximum absolute atomic E-state index is 13.5. The topological polar surface area (TPSA) is 103 Å². The largest absolute Gasteiger partial charge is 0.329 e. The maximum atomic E-state index is 13.5. The smallest absolute Gasteiger partial charge is 0.251 e. The molecule has 1 fully saturated rings. The summed E-state index contributed by atoms with van der Waals surface area (Å²) < 4.78 is 0. The molecule has 10 heteroatoms. The number of likely N-dealkylation sites (N-methyl/N-ethyl adjacent to an activating group) is 1. The third-order valence-electron chi connectivity index (χ3n) is 6.58. The minimum atomic E-state index is -0.283. The summed E-state index contributed by atoms with van der Waals surface area (Å²) >= 11 is 1.49. The molecule has 3 aromatic heterocycles. The van der Waals surface area contributed by atoms with Crippen molar-refractivity contribution < 1.29 is 4.79 Å². The number of hydrogen-bond acceptors (Lipinski definition) is 8. The first-order valence-electron chi connectivity index (χ1n) is 12.1. The molecule has 9 nitrogen and oxygen atoms in total. The van der Waals surface area contributed by atoms with Crippen LogP contribution < -0.4 is 15.1 Å². The van der Waals surface area contributed by atoms with Crippen molar-refractivity contribution in [3.8, 4) is 0 Å². The van der Waals surface area contributed by atoms with Crippen LogP contribution in [0.15, 0.2) is 17.6 Å². The highest BCUT2D eigenvalue weighted by Crippen LogP contribution is 2.34. The molecule has 0 saturated carbocycles. The molecule has 4 heterocycles. The van der Waals surface area contributed by atoms with Crippen molar-refractivity contribution >= 4 is 40.0 Å². The highest BCUT2D eigenvalue weighted by atomic mass is 32.1. The van der Waals surface area contributed by atoms with Gasteiger partial charge in [0.05, 0.1) is 5.69 Å². The van der Waals surface area contributed by atoms with E-state index in [2.05, 4.69) is 46.2 Å². The molecule has 0 spiro atoms. The molecule has 2 aliphatic rings. The molecule has 1 aliphatic carbocycles. The first-order valence-corrected chi connectivity index (χ1v) is 12.9. The molecule has 180 valence electrons. The third kappa shape index (κ3) is 4.26. The maximum Gasteiger partial charge on any atom is 0.251 e. The van der Waals surface area contributed by atoms with Gasteiger partial charge in [-0.3, -0.25) is 14.8 Å². The van der Waals surface area contributed by atoms with Gasteiger partial charge in [-0.05, 0) is 39.0 Å². The van der Waals surface area contributed by atoms with E-state index in [1.165, 1.54) is 11.3 Å². The van der Waals surface area contributed by atoms with Gasteiger partial charge in [-0.1, -0.05) is 20.8 Å². The van der Waals surface area contributed by atoms with E-state index in [9.17, 15) is 4.79 Å². The van der Waals surface area contributed by atoms with Crippen LogP contribution in [-0.4, -0.2) is 50.2 Å². The second kappa shape index (κ2) is 8.98. The summed E-state index contributed by atoms with van der Waals surface area (Å²) in [7, 11) is 0. The van der Waals surface area contributed by atoms with Crippen LogP contribution in [0, 0.1) is 0 Å². The Balaban J connectivity index is 1.44. The molecule has 0 unspecified atom stereocenters. The van der Waals surface area contributed by atoms with Crippen LogP contribution in [-0.2, 0) is 23.1 Å². The average Bonchev–Trinajstić information content (AvgIpc) is 3.60. The summed E-state index contributed by atoms with van der Waals surface area (Å²) in [6, 6.07) is 1.76. The number of H-pyrrole nitrogens is 1. The lowest BCUT2D eigenvalue weighted by Gasteiger charge is -2.29. The molecule has 1 aliphatic heterocycles. The molecule has 2 N–H and O–H groups in total. The average molecular weight is 481 g/mol. The summed E-state index contributed by atoms with van der Waals surface area (Å²) in [6.45, 7) is 9.80. The Labute approximate surface area is 204 Å². The van der Waals surface area contributed by atoms with Gasteiger partial charge in [0.25, 0.3) is 5.91 Å². The number of amides is 1. The van der Waals surface area contributed by atoms with Gasteiger partial charge in [-0.15, -0.1) is 11.3 Å². The van der Waals surface area contributed by atoms with Crippen molar-refractivity contribution in [2.24, 2.45) is 0 Å². The summed E-state index contributed by atoms with van der Waals surface area (Å²) in [4.78, 5) is 31.6. The van der Waals surface area contributed by atoms with Crippen LogP contribution in [0.1, 0.15) is 63.9 Å². The van der Waals surface area contributed by atoms with Crippen molar-refractivity contribution in [2.45, 2.75) is 71.3 Å². The Hall–Kier alpha value is -3.01. The van der Waals surface area contributed by atoms with Gasteiger partial charge in [0, 0.05) is 47.4 Å². The Bertz CT molecular complexity index is 1170. The number of thiazole rings is 1. The van der Waals surface area contributed by atoms with E-state index in [1.807, 2.05) is 18.4 Å². The zero-order chi connectivity index (χ0) is 23.9. The van der Waals surface area contributed by atoms with Crippen molar-refractivity contribution in [1.82, 2.24) is 25.1 Å².